The van der Waals surface area contributed by atoms with Crippen LogP contribution in [-0.2, 0) is 9.47 Å². The van der Waals surface area contributed by atoms with Gasteiger partial charge in [0.15, 0.2) is 0 Å². The lowest BCUT2D eigenvalue weighted by Gasteiger charge is -2.46. The van der Waals surface area contributed by atoms with Crippen LogP contribution in [0.5, 0.6) is 0 Å². The van der Waals surface area contributed by atoms with Gasteiger partial charge in [0.1, 0.15) is 5.60 Å². The van der Waals surface area contributed by atoms with Gasteiger partial charge in [0.05, 0.1) is 5.60 Å². The van der Waals surface area contributed by atoms with Crippen molar-refractivity contribution >= 4 is 6.09 Å². The second-order valence-corrected chi connectivity index (χ2v) is 8.52. The third-order valence-electron chi connectivity index (χ3n) is 5.18. The summed E-state index contributed by atoms with van der Waals surface area (Å²) in [6, 6.07) is 0. The highest BCUT2D eigenvalue weighted by atomic mass is 16.6. The van der Waals surface area contributed by atoms with Crippen LogP contribution in [0.3, 0.4) is 0 Å². The minimum atomic E-state index is -0.430. The molecule has 2 saturated heterocycles. The molecule has 0 radical (unpaired) electrons. The number of likely N-dealkylation sites (tertiary alicyclic amines) is 2. The molecule has 23 heavy (non-hydrogen) atoms. The minimum absolute atomic E-state index is 0.0189. The topological polar surface area (TPSA) is 42.0 Å². The zero-order valence-corrected chi connectivity index (χ0v) is 15.8. The van der Waals surface area contributed by atoms with Crippen LogP contribution in [0, 0.1) is 0 Å². The normalized spacial score (nSPS) is 28.9. The number of ether oxygens (including phenoxy) is 2. The van der Waals surface area contributed by atoms with Gasteiger partial charge in [-0.15, -0.1) is 0 Å². The average molecular weight is 326 g/mol. The first-order valence-corrected chi connectivity index (χ1v) is 8.94. The average Bonchev–Trinajstić information content (AvgIpc) is 2.81. The molecule has 1 amide bonds. The first-order valence-electron chi connectivity index (χ1n) is 8.94. The van der Waals surface area contributed by atoms with Gasteiger partial charge in [-0.25, -0.2) is 4.79 Å². The predicted octanol–water partition coefficient (Wildman–Crippen LogP) is 3.28. The summed E-state index contributed by atoms with van der Waals surface area (Å²) in [5, 5.41) is 0. The van der Waals surface area contributed by atoms with Gasteiger partial charge in [-0.1, -0.05) is 0 Å². The van der Waals surface area contributed by atoms with Gasteiger partial charge in [0.2, 0.25) is 0 Å². The van der Waals surface area contributed by atoms with Crippen molar-refractivity contribution in [2.45, 2.75) is 77.5 Å². The molecule has 5 heteroatoms. The molecule has 0 spiro atoms. The molecule has 1 atom stereocenters. The third kappa shape index (κ3) is 4.60. The molecule has 2 aliphatic rings. The standard InChI is InChI=1S/C18H34N2O3/c1-7-22-18(6)9-12-20(13-10-18)17(5)8-11-19(14-17)15(21)23-16(2,3)4/h7-14H2,1-6H3. The van der Waals surface area contributed by atoms with Crippen LogP contribution in [-0.4, -0.2) is 65.4 Å². The summed E-state index contributed by atoms with van der Waals surface area (Å²) in [7, 11) is 0. The fourth-order valence-electron chi connectivity index (χ4n) is 3.70. The molecule has 0 N–H and O–H groups in total. The number of hydrogen-bond acceptors (Lipinski definition) is 4. The van der Waals surface area contributed by atoms with Gasteiger partial charge in [-0.3, -0.25) is 4.90 Å². The molecular formula is C18H34N2O3. The molecular weight excluding hydrogens is 292 g/mol. The lowest BCUT2D eigenvalue weighted by molar-refractivity contribution is -0.0809. The van der Waals surface area contributed by atoms with E-state index in [9.17, 15) is 4.79 Å². The summed E-state index contributed by atoms with van der Waals surface area (Å²) < 4.78 is 11.4. The van der Waals surface area contributed by atoms with E-state index in [0.717, 1.165) is 52.0 Å². The van der Waals surface area contributed by atoms with Crippen molar-refractivity contribution in [1.29, 1.82) is 0 Å². The van der Waals surface area contributed by atoms with Crippen LogP contribution in [0.25, 0.3) is 0 Å². The highest BCUT2D eigenvalue weighted by Crippen LogP contribution is 2.34. The molecule has 134 valence electrons. The van der Waals surface area contributed by atoms with Crippen LogP contribution in [0.15, 0.2) is 0 Å². The quantitative estimate of drug-likeness (QED) is 0.798. The zero-order valence-electron chi connectivity index (χ0n) is 15.8. The summed E-state index contributed by atoms with van der Waals surface area (Å²) in [4.78, 5) is 16.7. The van der Waals surface area contributed by atoms with Gasteiger partial charge >= 0.3 is 6.09 Å². The number of rotatable bonds is 3. The molecule has 2 rings (SSSR count). The lowest BCUT2D eigenvalue weighted by Crippen LogP contribution is -2.55. The van der Waals surface area contributed by atoms with E-state index in [0.29, 0.717) is 0 Å². The van der Waals surface area contributed by atoms with E-state index in [2.05, 4.69) is 25.7 Å². The second kappa shape index (κ2) is 6.60. The monoisotopic (exact) mass is 326 g/mol. The largest absolute Gasteiger partial charge is 0.444 e. The Morgan fingerprint density at radius 3 is 2.22 bits per heavy atom. The summed E-state index contributed by atoms with van der Waals surface area (Å²) in [6.07, 6.45) is 2.95. The Morgan fingerprint density at radius 2 is 1.70 bits per heavy atom. The molecule has 0 aromatic carbocycles. The first kappa shape index (κ1) is 18.5. The van der Waals surface area contributed by atoms with E-state index in [4.69, 9.17) is 9.47 Å². The maximum atomic E-state index is 12.3. The van der Waals surface area contributed by atoms with E-state index in [1.54, 1.807) is 0 Å². The van der Waals surface area contributed by atoms with Crippen molar-refractivity contribution in [1.82, 2.24) is 9.80 Å². The van der Waals surface area contributed by atoms with E-state index < -0.39 is 5.60 Å². The molecule has 0 aromatic rings. The van der Waals surface area contributed by atoms with Crippen LogP contribution < -0.4 is 0 Å². The van der Waals surface area contributed by atoms with E-state index >= 15 is 0 Å². The van der Waals surface area contributed by atoms with E-state index in [1.807, 2.05) is 25.7 Å². The van der Waals surface area contributed by atoms with Crippen molar-refractivity contribution < 1.29 is 14.3 Å². The van der Waals surface area contributed by atoms with Crippen LogP contribution in [0.1, 0.15) is 60.8 Å². The molecule has 5 nitrogen and oxygen atoms in total. The highest BCUT2D eigenvalue weighted by Gasteiger charge is 2.44. The second-order valence-electron chi connectivity index (χ2n) is 8.52. The van der Waals surface area contributed by atoms with Gasteiger partial charge < -0.3 is 14.4 Å². The molecule has 2 heterocycles. The zero-order chi connectivity index (χ0) is 17.3. The number of piperidine rings is 1. The number of carbonyl (C=O) groups is 1. The fourth-order valence-corrected chi connectivity index (χ4v) is 3.70. The minimum Gasteiger partial charge on any atom is -0.444 e. The predicted molar refractivity (Wildman–Crippen MR) is 91.7 cm³/mol. The Hall–Kier alpha value is -0.810. The van der Waals surface area contributed by atoms with Crippen LogP contribution >= 0.6 is 0 Å². The van der Waals surface area contributed by atoms with Crippen molar-refractivity contribution in [3.8, 4) is 0 Å². The SMILES string of the molecule is CCOC1(C)CCN(C2(C)CCN(C(=O)OC(C)(C)C)C2)CC1. The van der Waals surface area contributed by atoms with Gasteiger partial charge in [-0.2, -0.15) is 0 Å². The maximum Gasteiger partial charge on any atom is 0.410 e. The van der Waals surface area contributed by atoms with Crippen LogP contribution in [0.4, 0.5) is 4.79 Å². The fraction of sp³-hybridized carbons (Fsp3) is 0.944. The molecule has 0 aliphatic carbocycles. The third-order valence-corrected chi connectivity index (χ3v) is 5.18. The smallest absolute Gasteiger partial charge is 0.410 e. The number of carbonyl (C=O) groups excluding carboxylic acids is 1. The Kier molecular flexibility index (Phi) is 5.31. The molecule has 0 bridgehead atoms. The van der Waals surface area contributed by atoms with Gasteiger partial charge in [-0.05, 0) is 60.8 Å². The Balaban J connectivity index is 1.91. The summed E-state index contributed by atoms with van der Waals surface area (Å²) in [6.45, 7) is 16.7. The molecule has 2 aliphatic heterocycles. The number of amides is 1. The van der Waals surface area contributed by atoms with E-state index in [-0.39, 0.29) is 17.2 Å². The molecule has 0 aromatic heterocycles. The van der Waals surface area contributed by atoms with Crippen molar-refractivity contribution in [3.63, 3.8) is 0 Å². The van der Waals surface area contributed by atoms with Crippen molar-refractivity contribution in [2.24, 2.45) is 0 Å². The summed E-state index contributed by atoms with van der Waals surface area (Å²) in [5.41, 5.74) is -0.351. The Labute approximate surface area is 141 Å². The molecule has 1 unspecified atom stereocenters. The molecule has 2 fully saturated rings. The number of nitrogens with zero attached hydrogens (tertiary/aromatic N) is 2. The maximum absolute atomic E-state index is 12.3. The van der Waals surface area contributed by atoms with Crippen molar-refractivity contribution in [3.05, 3.63) is 0 Å². The summed E-state index contributed by atoms with van der Waals surface area (Å²) in [5.74, 6) is 0. The highest BCUT2D eigenvalue weighted by molar-refractivity contribution is 5.68. The van der Waals surface area contributed by atoms with Crippen molar-refractivity contribution in [2.75, 3.05) is 32.8 Å². The summed E-state index contributed by atoms with van der Waals surface area (Å²) >= 11 is 0. The Morgan fingerprint density at radius 1 is 1.09 bits per heavy atom. The number of hydrogen-bond donors (Lipinski definition) is 0. The van der Waals surface area contributed by atoms with Gasteiger partial charge in [0, 0.05) is 38.3 Å². The lowest BCUT2D eigenvalue weighted by atomic mass is 9.88. The van der Waals surface area contributed by atoms with Crippen LogP contribution in [0.2, 0.25) is 0 Å². The van der Waals surface area contributed by atoms with Gasteiger partial charge in [0.25, 0.3) is 0 Å². The first-order chi connectivity index (χ1) is 10.6. The van der Waals surface area contributed by atoms with E-state index in [1.165, 1.54) is 0 Å². The molecule has 0 saturated carbocycles. The Bertz CT molecular complexity index is 424.